The lowest BCUT2D eigenvalue weighted by atomic mass is 9.98. The zero-order chi connectivity index (χ0) is 19.3. The van der Waals surface area contributed by atoms with E-state index in [9.17, 15) is 23.1 Å². The van der Waals surface area contributed by atoms with E-state index in [4.69, 9.17) is 0 Å². The first-order valence-electron chi connectivity index (χ1n) is 8.15. The third kappa shape index (κ3) is 4.70. The van der Waals surface area contributed by atoms with Crippen LogP contribution in [0.1, 0.15) is 40.9 Å². The van der Waals surface area contributed by atoms with Gasteiger partial charge in [-0.2, -0.15) is 0 Å². The molecule has 0 saturated carbocycles. The number of carbonyl (C=O) groups excluding carboxylic acids is 1. The molecule has 0 heterocycles. The Bertz CT molecular complexity index is 921. The Labute approximate surface area is 152 Å². The van der Waals surface area contributed by atoms with Gasteiger partial charge in [-0.15, -0.1) is 0 Å². The minimum atomic E-state index is -3.43. The number of hydrogen-bond acceptors (Lipinski definition) is 4. The highest BCUT2D eigenvalue weighted by Crippen LogP contribution is 2.22. The molecule has 0 fully saturated rings. The van der Waals surface area contributed by atoms with E-state index in [1.54, 1.807) is 12.1 Å². The molecule has 1 unspecified atom stereocenters. The fourth-order valence-electron chi connectivity index (χ4n) is 2.63. The summed E-state index contributed by atoms with van der Waals surface area (Å²) in [6, 6.07) is 12.2. The molecule has 0 aliphatic rings. The Kier molecular flexibility index (Phi) is 6.15. The number of nitrogens with one attached hydrogen (secondary N) is 1. The zero-order valence-corrected chi connectivity index (χ0v) is 15.4. The van der Waals surface area contributed by atoms with Gasteiger partial charge in [0.2, 0.25) is 0 Å². The van der Waals surface area contributed by atoms with Gasteiger partial charge in [0.05, 0.1) is 23.1 Å². The maximum absolute atomic E-state index is 12.6. The summed E-state index contributed by atoms with van der Waals surface area (Å²) in [6.45, 7) is 3.37. The SMILES string of the molecule is CCS(=O)(=O)c1cccc(C(=O)NC(CC(=O)O)c2ccccc2C)c1. The van der Waals surface area contributed by atoms with Crippen LogP contribution < -0.4 is 5.32 Å². The molecule has 7 heteroatoms. The molecule has 1 atom stereocenters. The molecule has 2 rings (SSSR count). The van der Waals surface area contributed by atoms with Crippen LogP contribution in [0.4, 0.5) is 0 Å². The minimum Gasteiger partial charge on any atom is -0.481 e. The predicted octanol–water partition coefficient (Wildman–Crippen LogP) is 2.73. The van der Waals surface area contributed by atoms with E-state index in [1.165, 1.54) is 31.2 Å². The summed E-state index contributed by atoms with van der Waals surface area (Å²) in [5, 5.41) is 11.9. The van der Waals surface area contributed by atoms with E-state index < -0.39 is 27.8 Å². The lowest BCUT2D eigenvalue weighted by molar-refractivity contribution is -0.137. The number of aryl methyl sites for hydroxylation is 1. The van der Waals surface area contributed by atoms with Crippen LogP contribution in [0.15, 0.2) is 53.4 Å². The number of aliphatic carboxylic acids is 1. The van der Waals surface area contributed by atoms with Gasteiger partial charge < -0.3 is 10.4 Å². The lowest BCUT2D eigenvalue weighted by Gasteiger charge is -2.19. The molecule has 0 aliphatic heterocycles. The third-order valence-electron chi connectivity index (χ3n) is 4.08. The standard InChI is InChI=1S/C19H21NO5S/c1-3-26(24,25)15-9-6-8-14(11-15)19(23)20-17(12-18(21)22)16-10-5-4-7-13(16)2/h4-11,17H,3,12H2,1-2H3,(H,20,23)(H,21,22). The number of rotatable bonds is 7. The van der Waals surface area contributed by atoms with E-state index >= 15 is 0 Å². The molecule has 2 N–H and O–H groups in total. The summed E-state index contributed by atoms with van der Waals surface area (Å²) in [5.74, 6) is -1.63. The Morgan fingerprint density at radius 3 is 2.42 bits per heavy atom. The van der Waals surface area contributed by atoms with Crippen molar-refractivity contribution >= 4 is 21.7 Å². The molecule has 0 bridgehead atoms. The first-order chi connectivity index (χ1) is 12.2. The largest absolute Gasteiger partial charge is 0.481 e. The van der Waals surface area contributed by atoms with Gasteiger partial charge in [0, 0.05) is 5.56 Å². The van der Waals surface area contributed by atoms with Crippen LogP contribution in [0.5, 0.6) is 0 Å². The van der Waals surface area contributed by atoms with Gasteiger partial charge in [-0.1, -0.05) is 37.3 Å². The molecule has 0 aliphatic carbocycles. The highest BCUT2D eigenvalue weighted by atomic mass is 32.2. The Morgan fingerprint density at radius 1 is 1.12 bits per heavy atom. The average Bonchev–Trinajstić information content (AvgIpc) is 2.61. The number of carboxylic acids is 1. The second-order valence-corrected chi connectivity index (χ2v) is 8.19. The summed E-state index contributed by atoms with van der Waals surface area (Å²) in [7, 11) is -3.43. The molecule has 138 valence electrons. The normalized spacial score (nSPS) is 12.4. The summed E-state index contributed by atoms with van der Waals surface area (Å²) >= 11 is 0. The average molecular weight is 375 g/mol. The van der Waals surface area contributed by atoms with Gasteiger partial charge in [0.1, 0.15) is 0 Å². The predicted molar refractivity (Wildman–Crippen MR) is 97.8 cm³/mol. The number of benzene rings is 2. The molecule has 2 aromatic rings. The molecule has 26 heavy (non-hydrogen) atoms. The van der Waals surface area contributed by atoms with Crippen LogP contribution in [0, 0.1) is 6.92 Å². The summed E-state index contributed by atoms with van der Waals surface area (Å²) < 4.78 is 24.0. The molecular weight excluding hydrogens is 354 g/mol. The highest BCUT2D eigenvalue weighted by Gasteiger charge is 2.21. The Balaban J connectivity index is 2.32. The molecule has 0 radical (unpaired) electrons. The van der Waals surface area contributed by atoms with Crippen LogP contribution in [-0.4, -0.2) is 31.2 Å². The molecule has 2 aromatic carbocycles. The van der Waals surface area contributed by atoms with Crippen molar-refractivity contribution in [3.63, 3.8) is 0 Å². The van der Waals surface area contributed by atoms with Crippen molar-refractivity contribution in [1.29, 1.82) is 0 Å². The van der Waals surface area contributed by atoms with E-state index in [-0.39, 0.29) is 22.6 Å². The van der Waals surface area contributed by atoms with Gasteiger partial charge in [0.25, 0.3) is 5.91 Å². The van der Waals surface area contributed by atoms with Crippen LogP contribution >= 0.6 is 0 Å². The maximum Gasteiger partial charge on any atom is 0.305 e. The Morgan fingerprint density at radius 2 is 1.81 bits per heavy atom. The van der Waals surface area contributed by atoms with Crippen LogP contribution in [0.25, 0.3) is 0 Å². The summed E-state index contributed by atoms with van der Waals surface area (Å²) in [5.41, 5.74) is 1.74. The van der Waals surface area contributed by atoms with Crippen molar-refractivity contribution in [2.75, 3.05) is 5.75 Å². The molecule has 1 amide bonds. The summed E-state index contributed by atoms with van der Waals surface area (Å²) in [6.07, 6.45) is -0.274. The second-order valence-electron chi connectivity index (χ2n) is 5.91. The fraction of sp³-hybridized carbons (Fsp3) is 0.263. The molecule has 0 aromatic heterocycles. The quantitative estimate of drug-likeness (QED) is 0.775. The number of amides is 1. The van der Waals surface area contributed by atoms with Gasteiger partial charge in [-0.05, 0) is 36.2 Å². The van der Waals surface area contributed by atoms with Crippen molar-refractivity contribution in [2.24, 2.45) is 0 Å². The van der Waals surface area contributed by atoms with E-state index in [1.807, 2.05) is 19.1 Å². The van der Waals surface area contributed by atoms with Crippen LogP contribution in [0.3, 0.4) is 0 Å². The molecular formula is C19H21NO5S. The van der Waals surface area contributed by atoms with Crippen molar-refractivity contribution in [2.45, 2.75) is 31.2 Å². The van der Waals surface area contributed by atoms with Gasteiger partial charge in [0.15, 0.2) is 9.84 Å². The van der Waals surface area contributed by atoms with Crippen molar-refractivity contribution in [3.8, 4) is 0 Å². The van der Waals surface area contributed by atoms with E-state index in [0.717, 1.165) is 5.56 Å². The smallest absolute Gasteiger partial charge is 0.305 e. The number of hydrogen-bond donors (Lipinski definition) is 2. The van der Waals surface area contributed by atoms with Crippen molar-refractivity contribution in [3.05, 3.63) is 65.2 Å². The molecule has 6 nitrogen and oxygen atoms in total. The van der Waals surface area contributed by atoms with E-state index in [2.05, 4.69) is 5.32 Å². The van der Waals surface area contributed by atoms with E-state index in [0.29, 0.717) is 5.56 Å². The molecule has 0 spiro atoms. The number of carboxylic acid groups (broad SMARTS) is 1. The monoisotopic (exact) mass is 375 g/mol. The van der Waals surface area contributed by atoms with Crippen LogP contribution in [-0.2, 0) is 14.6 Å². The first-order valence-corrected chi connectivity index (χ1v) is 9.81. The topological polar surface area (TPSA) is 101 Å². The van der Waals surface area contributed by atoms with Gasteiger partial charge >= 0.3 is 5.97 Å². The number of sulfone groups is 1. The third-order valence-corrected chi connectivity index (χ3v) is 5.82. The fourth-order valence-corrected chi connectivity index (χ4v) is 3.56. The number of carbonyl (C=O) groups is 2. The lowest BCUT2D eigenvalue weighted by Crippen LogP contribution is -2.30. The maximum atomic E-state index is 12.6. The van der Waals surface area contributed by atoms with Crippen molar-refractivity contribution < 1.29 is 23.1 Å². The highest BCUT2D eigenvalue weighted by molar-refractivity contribution is 7.91. The van der Waals surface area contributed by atoms with Gasteiger partial charge in [-0.3, -0.25) is 9.59 Å². The first kappa shape index (κ1) is 19.7. The minimum absolute atomic E-state index is 0.0665. The molecule has 0 saturated heterocycles. The van der Waals surface area contributed by atoms with Crippen molar-refractivity contribution in [1.82, 2.24) is 5.32 Å². The second kappa shape index (κ2) is 8.14. The van der Waals surface area contributed by atoms with Crippen LogP contribution in [0.2, 0.25) is 0 Å². The summed E-state index contributed by atoms with van der Waals surface area (Å²) in [4.78, 5) is 23.9. The van der Waals surface area contributed by atoms with Gasteiger partial charge in [-0.25, -0.2) is 8.42 Å². The Hall–Kier alpha value is -2.67. The zero-order valence-electron chi connectivity index (χ0n) is 14.6.